The third-order valence-electron chi connectivity index (χ3n) is 5.59. The van der Waals surface area contributed by atoms with Gasteiger partial charge in [0.15, 0.2) is 0 Å². The molecule has 34 heavy (non-hydrogen) atoms. The minimum absolute atomic E-state index is 0.226. The Bertz CT molecular complexity index is 894. The topological polar surface area (TPSA) is 12.4 Å². The summed E-state index contributed by atoms with van der Waals surface area (Å²) in [5, 5.41) is 3.83. The number of hydrogen-bond acceptors (Lipinski definition) is 1. The molecule has 3 heteroatoms. The highest BCUT2D eigenvalue weighted by Crippen LogP contribution is 2.59. The zero-order valence-corrected chi connectivity index (χ0v) is 25.5. The van der Waals surface area contributed by atoms with Crippen LogP contribution >= 0.6 is 15.8 Å². The molecule has 0 saturated heterocycles. The van der Waals surface area contributed by atoms with Crippen molar-refractivity contribution in [2.45, 2.75) is 104 Å². The van der Waals surface area contributed by atoms with E-state index in [2.05, 4.69) is 144 Å². The van der Waals surface area contributed by atoms with Gasteiger partial charge in [0.2, 0.25) is 0 Å². The summed E-state index contributed by atoms with van der Waals surface area (Å²) in [6.45, 7) is 28.5. The fourth-order valence-corrected chi connectivity index (χ4v) is 13.5. The van der Waals surface area contributed by atoms with Crippen LogP contribution in [0.5, 0.6) is 0 Å². The van der Waals surface area contributed by atoms with Crippen LogP contribution in [0.25, 0.3) is 6.08 Å². The van der Waals surface area contributed by atoms with Gasteiger partial charge < -0.3 is 0 Å². The average molecular weight is 496 g/mol. The molecule has 186 valence electrons. The van der Waals surface area contributed by atoms with Crippen molar-refractivity contribution in [1.29, 1.82) is 0 Å². The van der Waals surface area contributed by atoms with Gasteiger partial charge in [0.05, 0.1) is 0 Å². The Kier molecular flexibility index (Phi) is 9.16. The number of aliphatic imine (C=N–C) groups is 1. The normalized spacial score (nSPS) is 14.2. The average Bonchev–Trinajstić information content (AvgIpc) is 2.63. The summed E-state index contributed by atoms with van der Waals surface area (Å²) in [6.07, 6.45) is 6.22. The molecule has 0 bridgehead atoms. The van der Waals surface area contributed by atoms with E-state index >= 15 is 0 Å². The minimum Gasteiger partial charge on any atom is -0.264 e. The van der Waals surface area contributed by atoms with Crippen molar-refractivity contribution in [2.24, 2.45) is 4.99 Å². The van der Waals surface area contributed by atoms with Gasteiger partial charge in [-0.2, -0.15) is 0 Å². The SMILES string of the molecule is CC(C)(C)P(c1ccccc1C=N/C=C\c1ccccc1P(C(C)(C)C)C(C)(C)C)C(C)(C)C. The third-order valence-corrected chi connectivity index (χ3v) is 12.7. The number of hydrogen-bond donors (Lipinski definition) is 0. The maximum Gasteiger partial charge on any atom is 0.0346 e. The van der Waals surface area contributed by atoms with Crippen LogP contribution in [-0.4, -0.2) is 26.8 Å². The van der Waals surface area contributed by atoms with E-state index in [0.717, 1.165) is 0 Å². The maximum absolute atomic E-state index is 4.78. The lowest BCUT2D eigenvalue weighted by Gasteiger charge is -2.42. The number of benzene rings is 2. The molecule has 0 amide bonds. The standard InChI is InChI=1S/C31H47NP2/c1-28(2,3)33(29(4,5)6)26-19-15-13-17-24(26)21-22-32-23-25-18-14-16-20-27(25)34(30(7,8)9)31(10,11)12/h13-23H,1-12H3/b22-21-,32-23?. The molecule has 2 aromatic carbocycles. The minimum atomic E-state index is -0.376. The molecule has 1 nitrogen and oxygen atoms in total. The van der Waals surface area contributed by atoms with Gasteiger partial charge in [-0.05, 0) is 42.9 Å². The Morgan fingerprint density at radius 3 is 1.29 bits per heavy atom. The van der Waals surface area contributed by atoms with Crippen LogP contribution in [0.4, 0.5) is 0 Å². The van der Waals surface area contributed by atoms with Crippen LogP contribution in [0.15, 0.2) is 59.7 Å². The van der Waals surface area contributed by atoms with Crippen molar-refractivity contribution >= 4 is 38.7 Å². The summed E-state index contributed by atoms with van der Waals surface area (Å²) in [5.41, 5.74) is 2.53. The monoisotopic (exact) mass is 495 g/mol. The molecule has 0 saturated carbocycles. The summed E-state index contributed by atoms with van der Waals surface area (Å²) in [7, 11) is -0.740. The zero-order valence-electron chi connectivity index (χ0n) is 23.7. The molecule has 0 spiro atoms. The molecular weight excluding hydrogens is 448 g/mol. The lowest BCUT2D eigenvalue weighted by atomic mass is 10.2. The van der Waals surface area contributed by atoms with E-state index in [4.69, 9.17) is 4.99 Å². The van der Waals surface area contributed by atoms with Crippen molar-refractivity contribution < 1.29 is 0 Å². The van der Waals surface area contributed by atoms with Crippen LogP contribution in [-0.2, 0) is 0 Å². The summed E-state index contributed by atoms with van der Waals surface area (Å²) >= 11 is 0. The molecule has 2 rings (SSSR count). The van der Waals surface area contributed by atoms with Crippen LogP contribution in [0.2, 0.25) is 0 Å². The molecule has 0 heterocycles. The highest BCUT2D eigenvalue weighted by molar-refractivity contribution is 7.69. The van der Waals surface area contributed by atoms with E-state index < -0.39 is 0 Å². The molecule has 0 fully saturated rings. The zero-order chi connectivity index (χ0) is 25.9. The van der Waals surface area contributed by atoms with E-state index in [9.17, 15) is 0 Å². The van der Waals surface area contributed by atoms with Gasteiger partial charge in [-0.15, -0.1) is 0 Å². The third kappa shape index (κ3) is 7.60. The predicted molar refractivity (Wildman–Crippen MR) is 162 cm³/mol. The van der Waals surface area contributed by atoms with E-state index in [0.29, 0.717) is 0 Å². The molecule has 0 atom stereocenters. The second-order valence-corrected chi connectivity index (χ2v) is 20.7. The van der Waals surface area contributed by atoms with Crippen LogP contribution in [0.3, 0.4) is 0 Å². The Morgan fingerprint density at radius 2 is 0.882 bits per heavy atom. The second-order valence-electron chi connectivity index (χ2n) is 13.1. The molecule has 0 aromatic heterocycles. The molecule has 0 aliphatic heterocycles. The van der Waals surface area contributed by atoms with Crippen LogP contribution in [0, 0.1) is 0 Å². The molecule has 2 aromatic rings. The summed E-state index contributed by atoms with van der Waals surface area (Å²) < 4.78 is 0. The Balaban J connectivity index is 2.43. The summed E-state index contributed by atoms with van der Waals surface area (Å²) in [4.78, 5) is 4.78. The fourth-order valence-electron chi connectivity index (χ4n) is 5.34. The molecule has 0 aliphatic rings. The first-order valence-corrected chi connectivity index (χ1v) is 15.1. The van der Waals surface area contributed by atoms with Crippen LogP contribution < -0.4 is 10.6 Å². The lowest BCUT2D eigenvalue weighted by Crippen LogP contribution is -2.32. The van der Waals surface area contributed by atoms with Crippen LogP contribution in [0.1, 0.15) is 94.2 Å². The smallest absolute Gasteiger partial charge is 0.0346 e. The van der Waals surface area contributed by atoms with Gasteiger partial charge in [-0.1, -0.05) is 147 Å². The Morgan fingerprint density at radius 1 is 0.529 bits per heavy atom. The second kappa shape index (κ2) is 10.8. The number of rotatable bonds is 5. The molecule has 0 N–H and O–H groups in total. The molecule has 0 aliphatic carbocycles. The van der Waals surface area contributed by atoms with E-state index in [1.807, 2.05) is 6.20 Å². The quantitative estimate of drug-likeness (QED) is 0.290. The first kappa shape index (κ1) is 28.9. The van der Waals surface area contributed by atoms with E-state index in [1.54, 1.807) is 0 Å². The first-order chi connectivity index (χ1) is 15.4. The molecule has 0 radical (unpaired) electrons. The summed E-state index contributed by atoms with van der Waals surface area (Å²) in [6, 6.07) is 17.7. The van der Waals surface area contributed by atoms with Crippen molar-refractivity contribution in [2.75, 3.05) is 0 Å². The van der Waals surface area contributed by atoms with Crippen molar-refractivity contribution in [3.63, 3.8) is 0 Å². The maximum atomic E-state index is 4.78. The van der Waals surface area contributed by atoms with Crippen molar-refractivity contribution in [3.05, 3.63) is 65.9 Å². The largest absolute Gasteiger partial charge is 0.264 e. The van der Waals surface area contributed by atoms with Gasteiger partial charge >= 0.3 is 0 Å². The molecular formula is C31H47NP2. The van der Waals surface area contributed by atoms with Gasteiger partial charge in [-0.3, -0.25) is 4.99 Å². The highest BCUT2D eigenvalue weighted by atomic mass is 31.1. The van der Waals surface area contributed by atoms with E-state index in [1.165, 1.54) is 21.7 Å². The van der Waals surface area contributed by atoms with Gasteiger partial charge in [0, 0.05) is 18.0 Å². The Hall–Kier alpha value is -1.29. The predicted octanol–water partition coefficient (Wildman–Crippen LogP) is 9.18. The van der Waals surface area contributed by atoms with Gasteiger partial charge in [0.25, 0.3) is 0 Å². The van der Waals surface area contributed by atoms with Gasteiger partial charge in [0.1, 0.15) is 0 Å². The summed E-state index contributed by atoms with van der Waals surface area (Å²) in [5.74, 6) is 0. The Labute approximate surface area is 213 Å². The van der Waals surface area contributed by atoms with Gasteiger partial charge in [-0.25, -0.2) is 0 Å². The first-order valence-electron chi connectivity index (χ1n) is 12.4. The molecule has 0 unspecified atom stereocenters. The highest BCUT2D eigenvalue weighted by Gasteiger charge is 2.37. The van der Waals surface area contributed by atoms with E-state index in [-0.39, 0.29) is 36.5 Å². The lowest BCUT2D eigenvalue weighted by molar-refractivity contribution is 0.714. The van der Waals surface area contributed by atoms with Crippen molar-refractivity contribution in [3.8, 4) is 0 Å². The fraction of sp³-hybridized carbons (Fsp3) is 0.516. The van der Waals surface area contributed by atoms with Crippen molar-refractivity contribution in [1.82, 2.24) is 0 Å². The number of nitrogens with zero attached hydrogens (tertiary/aromatic N) is 1.